The van der Waals surface area contributed by atoms with Crippen molar-refractivity contribution >= 4 is 52.4 Å². The van der Waals surface area contributed by atoms with Crippen LogP contribution in [0.15, 0.2) is 0 Å². The fourth-order valence-electron chi connectivity index (χ4n) is 1.15. The van der Waals surface area contributed by atoms with Gasteiger partial charge in [0.2, 0.25) is 0 Å². The van der Waals surface area contributed by atoms with Crippen LogP contribution in [0.4, 0.5) is 0 Å². The molecule has 0 amide bonds. The van der Waals surface area contributed by atoms with E-state index in [0.29, 0.717) is 6.42 Å². The third-order valence-corrected chi connectivity index (χ3v) is 2.77. The van der Waals surface area contributed by atoms with Gasteiger partial charge in [-0.05, 0) is 12.8 Å². The molecule has 0 aliphatic rings. The normalized spacial score (nSPS) is 13.6. The maximum absolute atomic E-state index is 11.1. The zero-order valence-corrected chi connectivity index (χ0v) is 12.2. The van der Waals surface area contributed by atoms with Gasteiger partial charge in [0.25, 0.3) is 3.79 Å². The predicted molar refractivity (Wildman–Crippen MR) is 69.4 cm³/mol. The van der Waals surface area contributed by atoms with E-state index in [1.807, 2.05) is 0 Å². The van der Waals surface area contributed by atoms with Crippen LogP contribution in [0.5, 0.6) is 0 Å². The summed E-state index contributed by atoms with van der Waals surface area (Å²) in [5.74, 6) is -0.925. The largest absolute Gasteiger partial charge is 0.443 e. The Hall–Kier alpha value is 0.630. The summed E-state index contributed by atoms with van der Waals surface area (Å²) in [6.45, 7) is 2.15. The van der Waals surface area contributed by atoms with Crippen LogP contribution in [0.3, 0.4) is 0 Å². The van der Waals surface area contributed by atoms with Gasteiger partial charge in [-0.1, -0.05) is 79.0 Å². The summed E-state index contributed by atoms with van der Waals surface area (Å²) < 4.78 is 2.71. The van der Waals surface area contributed by atoms with Gasteiger partial charge in [0.05, 0.1) is 0 Å². The number of hydrogen-bond acceptors (Lipinski definition) is 2. The second-order valence-electron chi connectivity index (χ2n) is 3.52. The smallest absolute Gasteiger partial charge is 0.360 e. The third-order valence-electron chi connectivity index (χ3n) is 2.00. The molecule has 0 aliphatic heterocycles. The number of halogens is 4. The van der Waals surface area contributed by atoms with Gasteiger partial charge in [0.15, 0.2) is 5.56 Å². The molecule has 96 valence electrons. The number of unbranched alkanes of at least 4 members (excludes halogenated alkanes) is 4. The summed E-state index contributed by atoms with van der Waals surface area (Å²) in [6.07, 6.45) is 6.12. The Morgan fingerprint density at radius 1 is 1.19 bits per heavy atom. The van der Waals surface area contributed by atoms with E-state index in [1.165, 1.54) is 19.3 Å². The average molecular weight is 310 g/mol. The molecule has 1 atom stereocenters. The molecule has 0 aromatic rings. The van der Waals surface area contributed by atoms with E-state index in [2.05, 4.69) is 6.92 Å². The lowest BCUT2D eigenvalue weighted by Gasteiger charge is -2.14. The standard InChI is InChI=1S/C10H16Cl4O2/c1-2-3-4-5-6-7-8(11)16-9(15)10(12,13)14/h8H,2-7H2,1H3. The maximum atomic E-state index is 11.1. The number of carbonyl (C=O) groups is 1. The highest BCUT2D eigenvalue weighted by molar-refractivity contribution is 6.75. The van der Waals surface area contributed by atoms with Gasteiger partial charge in [-0.15, -0.1) is 0 Å². The number of hydrogen-bond donors (Lipinski definition) is 0. The van der Waals surface area contributed by atoms with E-state index < -0.39 is 15.3 Å². The molecule has 0 rings (SSSR count). The van der Waals surface area contributed by atoms with Gasteiger partial charge in [-0.2, -0.15) is 0 Å². The molecule has 2 nitrogen and oxygen atoms in total. The molecule has 0 fully saturated rings. The fourth-order valence-corrected chi connectivity index (χ4v) is 1.52. The minimum atomic E-state index is -2.05. The molecule has 0 radical (unpaired) electrons. The van der Waals surface area contributed by atoms with Gasteiger partial charge in [-0.25, -0.2) is 4.79 Å². The summed E-state index contributed by atoms with van der Waals surface area (Å²) in [5, 5.41) is 0. The molecule has 0 aromatic heterocycles. The van der Waals surface area contributed by atoms with E-state index in [9.17, 15) is 4.79 Å². The Bertz CT molecular complexity index is 203. The third kappa shape index (κ3) is 8.74. The van der Waals surface area contributed by atoms with Crippen LogP contribution in [-0.2, 0) is 9.53 Å². The van der Waals surface area contributed by atoms with Crippen molar-refractivity contribution in [2.24, 2.45) is 0 Å². The minimum Gasteiger partial charge on any atom is -0.443 e. The highest BCUT2D eigenvalue weighted by Crippen LogP contribution is 2.29. The van der Waals surface area contributed by atoms with E-state index >= 15 is 0 Å². The number of esters is 1. The highest BCUT2D eigenvalue weighted by atomic mass is 35.6. The first kappa shape index (κ1) is 16.6. The summed E-state index contributed by atoms with van der Waals surface area (Å²) in [5.41, 5.74) is -0.718. The molecular formula is C10H16Cl4O2. The van der Waals surface area contributed by atoms with Crippen molar-refractivity contribution in [1.82, 2.24) is 0 Å². The molecule has 16 heavy (non-hydrogen) atoms. The van der Waals surface area contributed by atoms with Crippen molar-refractivity contribution in [2.45, 2.75) is 54.8 Å². The molecule has 0 spiro atoms. The molecule has 0 heterocycles. The highest BCUT2D eigenvalue weighted by Gasteiger charge is 2.34. The van der Waals surface area contributed by atoms with Crippen LogP contribution in [0.1, 0.15) is 45.4 Å². The molecule has 0 saturated heterocycles. The zero-order valence-electron chi connectivity index (χ0n) is 9.15. The molecule has 0 N–H and O–H groups in total. The second-order valence-corrected chi connectivity index (χ2v) is 6.28. The van der Waals surface area contributed by atoms with Crippen molar-refractivity contribution < 1.29 is 9.53 Å². The van der Waals surface area contributed by atoms with Gasteiger partial charge in [0.1, 0.15) is 0 Å². The van der Waals surface area contributed by atoms with Gasteiger partial charge in [0, 0.05) is 0 Å². The van der Waals surface area contributed by atoms with Crippen LogP contribution in [0.2, 0.25) is 0 Å². The minimum absolute atomic E-state index is 0.581. The lowest BCUT2D eigenvalue weighted by atomic mass is 10.1. The van der Waals surface area contributed by atoms with Gasteiger partial charge >= 0.3 is 5.97 Å². The summed E-state index contributed by atoms with van der Waals surface area (Å²) in [4.78, 5) is 11.1. The first-order valence-electron chi connectivity index (χ1n) is 5.29. The van der Waals surface area contributed by atoms with Crippen LogP contribution < -0.4 is 0 Å². The van der Waals surface area contributed by atoms with Crippen molar-refractivity contribution in [2.75, 3.05) is 0 Å². The molecular weight excluding hydrogens is 294 g/mol. The lowest BCUT2D eigenvalue weighted by Crippen LogP contribution is -2.25. The molecule has 6 heteroatoms. The van der Waals surface area contributed by atoms with Crippen LogP contribution in [0.25, 0.3) is 0 Å². The quantitative estimate of drug-likeness (QED) is 0.383. The Labute approximate surface area is 117 Å². The first-order chi connectivity index (χ1) is 7.38. The van der Waals surface area contributed by atoms with Crippen molar-refractivity contribution in [3.05, 3.63) is 0 Å². The van der Waals surface area contributed by atoms with Crippen molar-refractivity contribution in [3.63, 3.8) is 0 Å². The van der Waals surface area contributed by atoms with Crippen LogP contribution >= 0.6 is 46.4 Å². The Morgan fingerprint density at radius 3 is 2.25 bits per heavy atom. The average Bonchev–Trinajstić information content (AvgIpc) is 2.16. The molecule has 0 aliphatic carbocycles. The summed E-state index contributed by atoms with van der Waals surface area (Å²) in [6, 6.07) is 0. The SMILES string of the molecule is CCCCCCCC(Cl)OC(=O)C(Cl)(Cl)Cl. The molecule has 0 saturated carbocycles. The topological polar surface area (TPSA) is 26.3 Å². The summed E-state index contributed by atoms with van der Waals surface area (Å²) in [7, 11) is 0. The van der Waals surface area contributed by atoms with E-state index in [1.54, 1.807) is 0 Å². The first-order valence-corrected chi connectivity index (χ1v) is 6.86. The monoisotopic (exact) mass is 308 g/mol. The Kier molecular flexibility index (Phi) is 9.02. The predicted octanol–water partition coefficient (Wildman–Crippen LogP) is 4.83. The maximum Gasteiger partial charge on any atom is 0.360 e. The lowest BCUT2D eigenvalue weighted by molar-refractivity contribution is -0.144. The van der Waals surface area contributed by atoms with Gasteiger partial charge < -0.3 is 4.74 Å². The second kappa shape index (κ2) is 8.68. The van der Waals surface area contributed by atoms with Crippen LogP contribution in [-0.4, -0.2) is 15.3 Å². The van der Waals surface area contributed by atoms with E-state index in [4.69, 9.17) is 51.1 Å². The van der Waals surface area contributed by atoms with Crippen molar-refractivity contribution in [1.29, 1.82) is 0 Å². The zero-order chi connectivity index (χ0) is 12.6. The Morgan fingerprint density at radius 2 is 1.75 bits per heavy atom. The number of ether oxygens (including phenoxy) is 1. The van der Waals surface area contributed by atoms with Crippen molar-refractivity contribution in [3.8, 4) is 0 Å². The van der Waals surface area contributed by atoms with Crippen LogP contribution in [0, 0.1) is 0 Å². The Balaban J connectivity index is 3.59. The fraction of sp³-hybridized carbons (Fsp3) is 0.900. The number of carbonyl (C=O) groups excluding carboxylic acids is 1. The molecule has 0 bridgehead atoms. The number of rotatable bonds is 7. The summed E-state index contributed by atoms with van der Waals surface area (Å²) >= 11 is 21.8. The molecule has 0 aromatic carbocycles. The number of alkyl halides is 4. The molecule has 1 unspecified atom stereocenters. The van der Waals surface area contributed by atoms with E-state index in [0.717, 1.165) is 12.8 Å². The van der Waals surface area contributed by atoms with Gasteiger partial charge in [-0.3, -0.25) is 0 Å². The van der Waals surface area contributed by atoms with E-state index in [-0.39, 0.29) is 0 Å².